The first-order valence-corrected chi connectivity index (χ1v) is 18.0. The van der Waals surface area contributed by atoms with E-state index in [0.717, 1.165) is 6.04 Å². The molecule has 1 nitrogen and oxygen atoms in total. The molecule has 0 radical (unpaired) electrons. The van der Waals surface area contributed by atoms with Crippen molar-refractivity contribution >= 4 is 12.6 Å². The van der Waals surface area contributed by atoms with Gasteiger partial charge < -0.3 is 0 Å². The van der Waals surface area contributed by atoms with Crippen molar-refractivity contribution in [2.45, 2.75) is 71.1 Å². The molecule has 0 aliphatic heterocycles. The van der Waals surface area contributed by atoms with E-state index < -0.39 is 16.1 Å². The molecule has 3 rings (SSSR count). The average molecular weight is 389 g/mol. The molecule has 2 aliphatic rings. The molecule has 1 fully saturated rings. The summed E-state index contributed by atoms with van der Waals surface area (Å²) in [5.74, 6) is 0.664. The summed E-state index contributed by atoms with van der Waals surface area (Å²) in [5, 5.41) is 4.36. The van der Waals surface area contributed by atoms with Crippen LogP contribution in [0.2, 0.25) is 5.23 Å². The van der Waals surface area contributed by atoms with Crippen LogP contribution in [0.4, 0.5) is 0 Å². The average Bonchev–Trinajstić information content (AvgIpc) is 2.80. The van der Waals surface area contributed by atoms with Crippen molar-refractivity contribution in [3.63, 3.8) is 0 Å². The van der Waals surface area contributed by atoms with E-state index in [1.54, 1.807) is 21.9 Å². The van der Waals surface area contributed by atoms with Crippen molar-refractivity contribution in [3.05, 3.63) is 50.9 Å². The van der Waals surface area contributed by atoms with Crippen molar-refractivity contribution < 1.29 is 16.1 Å². The van der Waals surface area contributed by atoms with Gasteiger partial charge in [0.05, 0.1) is 0 Å². The third kappa shape index (κ3) is 4.13. The second-order valence-electron chi connectivity index (χ2n) is 8.54. The first-order chi connectivity index (χ1) is 11.9. The maximum atomic E-state index is 4.39. The minimum atomic E-state index is -2.26. The Hall–Kier alpha value is -0.409. The SMILES string of the molecule is CC1=C(C)C(C)[C]([Ti]([CH3])([NH]C2CCCCC2)[SiH2]c2ccccc2)=C1C. The molecular formula is C22H35NSiTi. The Labute approximate surface area is 160 Å². The standard InChI is InChI=1S/C9H13.C6H12N.C6H7Si.CH3.Ti/c1-6-5-7(2)9(4)8(6)3;2*7-6-4-2-1-3-5-6;;/h6H,1-4H3;6-7H,1-5H2;1-5H,7H2;1H3;/q;-1;;;+1. The number of nitrogens with one attached hydrogen (secondary N) is 1. The van der Waals surface area contributed by atoms with E-state index in [-0.39, 0.29) is 7.39 Å². The van der Waals surface area contributed by atoms with Crippen LogP contribution in [-0.2, 0) is 16.1 Å². The third-order valence-corrected chi connectivity index (χ3v) is 20.7. The van der Waals surface area contributed by atoms with Gasteiger partial charge >= 0.3 is 160 Å². The second-order valence-corrected chi connectivity index (χ2v) is 22.7. The molecule has 0 amide bonds. The fourth-order valence-electron chi connectivity index (χ4n) is 5.18. The Morgan fingerprint density at radius 3 is 2.16 bits per heavy atom. The predicted octanol–water partition coefficient (Wildman–Crippen LogP) is 4.70. The third-order valence-electron chi connectivity index (χ3n) is 6.76. The molecule has 2 aliphatic carbocycles. The van der Waals surface area contributed by atoms with E-state index >= 15 is 0 Å². The molecule has 0 aromatic heterocycles. The molecular weight excluding hydrogens is 354 g/mol. The van der Waals surface area contributed by atoms with E-state index in [1.165, 1.54) is 32.1 Å². The van der Waals surface area contributed by atoms with Crippen LogP contribution >= 0.6 is 0 Å². The molecule has 1 saturated carbocycles. The van der Waals surface area contributed by atoms with E-state index in [9.17, 15) is 0 Å². The van der Waals surface area contributed by atoms with Gasteiger partial charge in [0.15, 0.2) is 0 Å². The Kier molecular flexibility index (Phi) is 6.26. The summed E-state index contributed by atoms with van der Waals surface area (Å²) < 4.78 is 6.26. The molecule has 1 aromatic carbocycles. The molecule has 1 aromatic rings. The summed E-state index contributed by atoms with van der Waals surface area (Å²) in [4.78, 5) is 0. The van der Waals surface area contributed by atoms with Gasteiger partial charge in [0.1, 0.15) is 0 Å². The monoisotopic (exact) mass is 389 g/mol. The Balaban J connectivity index is 1.94. The van der Waals surface area contributed by atoms with Gasteiger partial charge in [-0.25, -0.2) is 0 Å². The van der Waals surface area contributed by atoms with Gasteiger partial charge in [0.2, 0.25) is 0 Å². The number of benzene rings is 1. The van der Waals surface area contributed by atoms with Crippen LogP contribution in [-0.4, -0.2) is 13.4 Å². The first-order valence-electron chi connectivity index (χ1n) is 10.1. The fourth-order valence-corrected chi connectivity index (χ4v) is 22.2. The second kappa shape index (κ2) is 8.08. The van der Waals surface area contributed by atoms with Crippen LogP contribution in [0.5, 0.6) is 0 Å². The van der Waals surface area contributed by atoms with E-state index in [1.807, 2.05) is 3.88 Å². The molecule has 0 heterocycles. The summed E-state index contributed by atoms with van der Waals surface area (Å²) in [6.07, 6.45) is 7.09. The van der Waals surface area contributed by atoms with Gasteiger partial charge in [0, 0.05) is 0 Å². The zero-order valence-electron chi connectivity index (χ0n) is 16.8. The maximum absolute atomic E-state index is 4.39. The van der Waals surface area contributed by atoms with Gasteiger partial charge in [-0.1, -0.05) is 0 Å². The number of hydrogen-bond acceptors (Lipinski definition) is 1. The Morgan fingerprint density at radius 1 is 0.960 bits per heavy atom. The number of hydrogen-bond donors (Lipinski definition) is 1. The molecule has 0 saturated heterocycles. The van der Waals surface area contributed by atoms with Crippen LogP contribution in [0.3, 0.4) is 0 Å². The topological polar surface area (TPSA) is 12.0 Å². The molecule has 2 unspecified atom stereocenters. The zero-order chi connectivity index (χ0) is 18.0. The molecule has 2 atom stereocenters. The summed E-state index contributed by atoms with van der Waals surface area (Å²) in [5.41, 5.74) is 4.84. The van der Waals surface area contributed by atoms with Crippen LogP contribution < -0.4 is 8.99 Å². The molecule has 1 N–H and O–H groups in total. The zero-order valence-corrected chi connectivity index (χ0v) is 19.8. The van der Waals surface area contributed by atoms with Crippen LogP contribution in [0.15, 0.2) is 50.9 Å². The predicted molar refractivity (Wildman–Crippen MR) is 111 cm³/mol. The van der Waals surface area contributed by atoms with Gasteiger partial charge in [-0.2, -0.15) is 0 Å². The van der Waals surface area contributed by atoms with Crippen molar-refractivity contribution in [2.75, 3.05) is 0 Å². The molecule has 3 heteroatoms. The van der Waals surface area contributed by atoms with Crippen molar-refractivity contribution in [1.82, 2.24) is 3.80 Å². The van der Waals surface area contributed by atoms with Crippen LogP contribution in [0, 0.1) is 5.92 Å². The van der Waals surface area contributed by atoms with Crippen molar-refractivity contribution in [1.29, 1.82) is 0 Å². The molecule has 136 valence electrons. The fraction of sp³-hybridized carbons (Fsp3) is 0.545. The van der Waals surface area contributed by atoms with E-state index in [4.69, 9.17) is 0 Å². The molecule has 25 heavy (non-hydrogen) atoms. The number of allylic oxidation sites excluding steroid dienone is 4. The van der Waals surface area contributed by atoms with Gasteiger partial charge in [-0.3, -0.25) is 0 Å². The normalized spacial score (nSPS) is 25.2. The van der Waals surface area contributed by atoms with Crippen molar-refractivity contribution in [2.24, 2.45) is 5.92 Å². The summed E-state index contributed by atoms with van der Waals surface area (Å²) in [6, 6.07) is 12.2. The van der Waals surface area contributed by atoms with Gasteiger partial charge in [-0.05, 0) is 0 Å². The first kappa shape index (κ1) is 19.4. The summed E-state index contributed by atoms with van der Waals surface area (Å²) >= 11 is -2.26. The molecule has 0 bridgehead atoms. The summed E-state index contributed by atoms with van der Waals surface area (Å²) in [7, 11) is -0.285. The van der Waals surface area contributed by atoms with Crippen molar-refractivity contribution in [3.8, 4) is 0 Å². The van der Waals surface area contributed by atoms with E-state index in [2.05, 4.69) is 67.1 Å². The van der Waals surface area contributed by atoms with Gasteiger partial charge in [0.25, 0.3) is 0 Å². The summed E-state index contributed by atoms with van der Waals surface area (Å²) in [6.45, 7) is 9.59. The van der Waals surface area contributed by atoms with Crippen LogP contribution in [0.25, 0.3) is 0 Å². The van der Waals surface area contributed by atoms with Gasteiger partial charge in [-0.15, -0.1) is 0 Å². The Morgan fingerprint density at radius 2 is 1.60 bits per heavy atom. The minimum absolute atomic E-state index is 0.285. The number of rotatable bonds is 5. The molecule has 0 spiro atoms. The quantitative estimate of drug-likeness (QED) is 0.720. The van der Waals surface area contributed by atoms with E-state index in [0.29, 0.717) is 5.92 Å². The Bertz CT molecular complexity index is 673. The van der Waals surface area contributed by atoms with Crippen LogP contribution in [0.1, 0.15) is 59.8 Å².